The summed E-state index contributed by atoms with van der Waals surface area (Å²) in [4.78, 5) is 0. The number of hydrogen-bond acceptors (Lipinski definition) is 3. The molecule has 0 spiro atoms. The predicted octanol–water partition coefficient (Wildman–Crippen LogP) is 2.54. The van der Waals surface area contributed by atoms with Crippen LogP contribution in [0.1, 0.15) is 11.3 Å². The Hall–Kier alpha value is -1.42. The van der Waals surface area contributed by atoms with Crippen LogP contribution in [0.15, 0.2) is 41.0 Å². The third kappa shape index (κ3) is 2.76. The fourth-order valence-electron chi connectivity index (χ4n) is 1.35. The smallest absolute Gasteiger partial charge is 0.115 e. The van der Waals surface area contributed by atoms with E-state index in [-0.39, 0.29) is 5.75 Å². The standard InChI is InChI=1S/C11H9BrN2O/c12-9-6-10(14-13-7-9)4-8-2-1-3-11(15)5-8/h1-3,5-7,15H,4H2. The Labute approximate surface area is 95.9 Å². The molecule has 1 aromatic carbocycles. The van der Waals surface area contributed by atoms with E-state index in [1.54, 1.807) is 18.3 Å². The zero-order valence-electron chi connectivity index (χ0n) is 7.89. The monoisotopic (exact) mass is 264 g/mol. The van der Waals surface area contributed by atoms with Crippen LogP contribution in [0.5, 0.6) is 5.75 Å². The highest BCUT2D eigenvalue weighted by molar-refractivity contribution is 9.10. The maximum Gasteiger partial charge on any atom is 0.115 e. The molecule has 0 bridgehead atoms. The molecule has 3 nitrogen and oxygen atoms in total. The van der Waals surface area contributed by atoms with Gasteiger partial charge in [0, 0.05) is 10.9 Å². The van der Waals surface area contributed by atoms with Gasteiger partial charge in [-0.15, -0.1) is 0 Å². The third-order valence-corrected chi connectivity index (χ3v) is 2.40. The van der Waals surface area contributed by atoms with E-state index in [4.69, 9.17) is 0 Å². The van der Waals surface area contributed by atoms with Gasteiger partial charge in [-0.25, -0.2) is 0 Å². The van der Waals surface area contributed by atoms with E-state index in [1.807, 2.05) is 18.2 Å². The first-order chi connectivity index (χ1) is 7.24. The van der Waals surface area contributed by atoms with Crippen molar-refractivity contribution in [2.75, 3.05) is 0 Å². The van der Waals surface area contributed by atoms with Gasteiger partial charge in [-0.3, -0.25) is 0 Å². The number of benzene rings is 1. The Morgan fingerprint density at radius 2 is 2.13 bits per heavy atom. The molecule has 0 saturated carbocycles. The van der Waals surface area contributed by atoms with Gasteiger partial charge < -0.3 is 5.11 Å². The fraction of sp³-hybridized carbons (Fsp3) is 0.0909. The van der Waals surface area contributed by atoms with Crippen molar-refractivity contribution in [1.29, 1.82) is 0 Å². The maximum atomic E-state index is 9.30. The largest absolute Gasteiger partial charge is 0.508 e. The molecule has 1 N–H and O–H groups in total. The molecule has 2 aromatic rings. The lowest BCUT2D eigenvalue weighted by Gasteiger charge is -2.01. The van der Waals surface area contributed by atoms with Crippen molar-refractivity contribution in [2.45, 2.75) is 6.42 Å². The van der Waals surface area contributed by atoms with Crippen LogP contribution < -0.4 is 0 Å². The zero-order valence-corrected chi connectivity index (χ0v) is 9.48. The van der Waals surface area contributed by atoms with Gasteiger partial charge >= 0.3 is 0 Å². The molecule has 0 aliphatic heterocycles. The van der Waals surface area contributed by atoms with Gasteiger partial charge in [0.2, 0.25) is 0 Å². The first-order valence-electron chi connectivity index (χ1n) is 4.49. The lowest BCUT2D eigenvalue weighted by Crippen LogP contribution is -1.93. The molecule has 2 rings (SSSR count). The molecule has 76 valence electrons. The van der Waals surface area contributed by atoms with Gasteiger partial charge in [0.25, 0.3) is 0 Å². The topological polar surface area (TPSA) is 46.0 Å². The zero-order chi connectivity index (χ0) is 10.7. The summed E-state index contributed by atoms with van der Waals surface area (Å²) in [5.41, 5.74) is 1.89. The number of nitrogens with zero attached hydrogens (tertiary/aromatic N) is 2. The molecule has 0 radical (unpaired) electrons. The predicted molar refractivity (Wildman–Crippen MR) is 60.6 cm³/mol. The van der Waals surface area contributed by atoms with Crippen molar-refractivity contribution in [3.05, 3.63) is 52.3 Å². The highest BCUT2D eigenvalue weighted by Gasteiger charge is 2.00. The Balaban J connectivity index is 2.22. The van der Waals surface area contributed by atoms with Crippen LogP contribution in [0.3, 0.4) is 0 Å². The molecule has 15 heavy (non-hydrogen) atoms. The highest BCUT2D eigenvalue weighted by atomic mass is 79.9. The van der Waals surface area contributed by atoms with Crippen molar-refractivity contribution in [3.8, 4) is 5.75 Å². The van der Waals surface area contributed by atoms with Gasteiger partial charge in [0.05, 0.1) is 11.9 Å². The minimum absolute atomic E-state index is 0.274. The Bertz CT molecular complexity index is 430. The Morgan fingerprint density at radius 3 is 2.87 bits per heavy atom. The second kappa shape index (κ2) is 4.40. The van der Waals surface area contributed by atoms with Gasteiger partial charge in [-0.05, 0) is 39.7 Å². The number of phenols is 1. The van der Waals surface area contributed by atoms with Crippen LogP contribution in [0.25, 0.3) is 0 Å². The molecule has 1 aromatic heterocycles. The number of aromatic nitrogens is 2. The van der Waals surface area contributed by atoms with Crippen LogP contribution >= 0.6 is 15.9 Å². The van der Waals surface area contributed by atoms with Crippen LogP contribution in [0.2, 0.25) is 0 Å². The van der Waals surface area contributed by atoms with Crippen LogP contribution in [0, 0.1) is 0 Å². The second-order valence-corrected chi connectivity index (χ2v) is 4.13. The summed E-state index contributed by atoms with van der Waals surface area (Å²) in [6.07, 6.45) is 2.31. The molecule has 0 unspecified atom stereocenters. The fourth-order valence-corrected chi connectivity index (χ4v) is 1.70. The highest BCUT2D eigenvalue weighted by Crippen LogP contribution is 2.15. The van der Waals surface area contributed by atoms with E-state index in [2.05, 4.69) is 26.1 Å². The first-order valence-corrected chi connectivity index (χ1v) is 5.28. The first kappa shape index (κ1) is 10.1. The average Bonchev–Trinajstić information content (AvgIpc) is 2.17. The van der Waals surface area contributed by atoms with E-state index >= 15 is 0 Å². The van der Waals surface area contributed by atoms with Crippen molar-refractivity contribution in [2.24, 2.45) is 0 Å². The molecule has 0 amide bonds. The van der Waals surface area contributed by atoms with Crippen molar-refractivity contribution < 1.29 is 5.11 Å². The van der Waals surface area contributed by atoms with Gasteiger partial charge in [-0.1, -0.05) is 12.1 Å². The minimum atomic E-state index is 0.274. The van der Waals surface area contributed by atoms with E-state index < -0.39 is 0 Å². The number of hydrogen-bond donors (Lipinski definition) is 1. The molecule has 0 aliphatic rings. The van der Waals surface area contributed by atoms with Crippen LogP contribution in [0.4, 0.5) is 0 Å². The average molecular weight is 265 g/mol. The van der Waals surface area contributed by atoms with Gasteiger partial charge in [0.1, 0.15) is 5.75 Å². The molecule has 1 heterocycles. The molecule has 0 fully saturated rings. The van der Waals surface area contributed by atoms with E-state index in [9.17, 15) is 5.11 Å². The molecule has 0 aliphatic carbocycles. The second-order valence-electron chi connectivity index (χ2n) is 3.21. The van der Waals surface area contributed by atoms with E-state index in [1.165, 1.54) is 0 Å². The summed E-state index contributed by atoms with van der Waals surface area (Å²) in [7, 11) is 0. The molecule has 4 heteroatoms. The normalized spacial score (nSPS) is 10.2. The summed E-state index contributed by atoms with van der Waals surface area (Å²) >= 11 is 3.34. The lowest BCUT2D eigenvalue weighted by molar-refractivity contribution is 0.474. The maximum absolute atomic E-state index is 9.30. The van der Waals surface area contributed by atoms with Crippen molar-refractivity contribution in [3.63, 3.8) is 0 Å². The lowest BCUT2D eigenvalue weighted by atomic mass is 10.1. The SMILES string of the molecule is Oc1cccc(Cc2cc(Br)cnn2)c1. The van der Waals surface area contributed by atoms with E-state index in [0.29, 0.717) is 6.42 Å². The summed E-state index contributed by atoms with van der Waals surface area (Å²) in [6, 6.07) is 9.05. The summed E-state index contributed by atoms with van der Waals surface area (Å²) in [6.45, 7) is 0. The van der Waals surface area contributed by atoms with Crippen molar-refractivity contribution in [1.82, 2.24) is 10.2 Å². The van der Waals surface area contributed by atoms with Crippen molar-refractivity contribution >= 4 is 15.9 Å². The number of rotatable bonds is 2. The molecule has 0 atom stereocenters. The summed E-state index contributed by atoms with van der Waals surface area (Å²) < 4.78 is 0.910. The van der Waals surface area contributed by atoms with E-state index in [0.717, 1.165) is 15.7 Å². The quantitative estimate of drug-likeness (QED) is 0.907. The molecular weight excluding hydrogens is 256 g/mol. The van der Waals surface area contributed by atoms with Gasteiger partial charge in [-0.2, -0.15) is 10.2 Å². The summed E-state index contributed by atoms with van der Waals surface area (Å²) in [5.74, 6) is 0.274. The van der Waals surface area contributed by atoms with Crippen LogP contribution in [-0.2, 0) is 6.42 Å². The minimum Gasteiger partial charge on any atom is -0.508 e. The molecular formula is C11H9BrN2O. The molecule has 0 saturated heterocycles. The number of halogens is 1. The number of phenolic OH excluding ortho intramolecular Hbond substituents is 1. The Kier molecular flexibility index (Phi) is 2.97. The Morgan fingerprint density at radius 1 is 1.27 bits per heavy atom. The summed E-state index contributed by atoms with van der Waals surface area (Å²) in [5, 5.41) is 17.1. The third-order valence-electron chi connectivity index (χ3n) is 1.97. The number of aromatic hydroxyl groups is 1. The van der Waals surface area contributed by atoms with Crippen LogP contribution in [-0.4, -0.2) is 15.3 Å². The van der Waals surface area contributed by atoms with Gasteiger partial charge in [0.15, 0.2) is 0 Å².